The summed E-state index contributed by atoms with van der Waals surface area (Å²) in [6.07, 6.45) is 5.15. The van der Waals surface area contributed by atoms with Crippen molar-refractivity contribution >= 4 is 0 Å². The SMILES string of the molecule is CON1C=CCC1. The van der Waals surface area contributed by atoms with Gasteiger partial charge in [0.25, 0.3) is 0 Å². The highest BCUT2D eigenvalue weighted by Crippen LogP contribution is 2.01. The number of hydrogen-bond acceptors (Lipinski definition) is 2. The first-order chi connectivity index (χ1) is 3.43. The van der Waals surface area contributed by atoms with Gasteiger partial charge >= 0.3 is 0 Å². The average molecular weight is 99.1 g/mol. The Balaban J connectivity index is 2.28. The summed E-state index contributed by atoms with van der Waals surface area (Å²) in [5, 5.41) is 1.81. The van der Waals surface area contributed by atoms with E-state index in [1.54, 1.807) is 12.2 Å². The zero-order valence-electron chi connectivity index (χ0n) is 4.42. The van der Waals surface area contributed by atoms with Crippen molar-refractivity contribution < 1.29 is 4.84 Å². The monoisotopic (exact) mass is 99.1 g/mol. The lowest BCUT2D eigenvalue weighted by atomic mass is 10.5. The molecule has 0 saturated carbocycles. The Morgan fingerprint density at radius 3 is 2.86 bits per heavy atom. The van der Waals surface area contributed by atoms with Gasteiger partial charge in [-0.05, 0) is 6.42 Å². The topological polar surface area (TPSA) is 12.5 Å². The second-order valence-electron chi connectivity index (χ2n) is 1.50. The van der Waals surface area contributed by atoms with Crippen LogP contribution in [0.5, 0.6) is 0 Å². The molecule has 1 aliphatic heterocycles. The minimum atomic E-state index is 1.01. The first-order valence-electron chi connectivity index (χ1n) is 2.41. The fourth-order valence-corrected chi connectivity index (χ4v) is 0.621. The van der Waals surface area contributed by atoms with Crippen LogP contribution >= 0.6 is 0 Å². The van der Waals surface area contributed by atoms with Crippen LogP contribution in [-0.4, -0.2) is 18.7 Å². The maximum atomic E-state index is 4.86. The van der Waals surface area contributed by atoms with Crippen LogP contribution in [0.15, 0.2) is 12.3 Å². The molecule has 0 radical (unpaired) electrons. The van der Waals surface area contributed by atoms with Crippen molar-refractivity contribution in [1.29, 1.82) is 0 Å². The second-order valence-corrected chi connectivity index (χ2v) is 1.50. The molecule has 0 fully saturated rings. The van der Waals surface area contributed by atoms with E-state index in [0.29, 0.717) is 0 Å². The highest BCUT2D eigenvalue weighted by Gasteiger charge is 1.98. The lowest BCUT2D eigenvalue weighted by Gasteiger charge is -2.09. The Labute approximate surface area is 43.3 Å². The summed E-state index contributed by atoms with van der Waals surface area (Å²) in [6, 6.07) is 0. The third-order valence-corrected chi connectivity index (χ3v) is 1.02. The van der Waals surface area contributed by atoms with Crippen molar-refractivity contribution in [2.24, 2.45) is 0 Å². The van der Waals surface area contributed by atoms with Gasteiger partial charge in [0, 0.05) is 12.7 Å². The summed E-state index contributed by atoms with van der Waals surface area (Å²) < 4.78 is 0. The van der Waals surface area contributed by atoms with Crippen LogP contribution in [0, 0.1) is 0 Å². The molecule has 2 heteroatoms. The van der Waals surface area contributed by atoms with E-state index in [-0.39, 0.29) is 0 Å². The van der Waals surface area contributed by atoms with E-state index in [9.17, 15) is 0 Å². The molecular formula is C5H9NO. The molecule has 2 nitrogen and oxygen atoms in total. The molecule has 0 aromatic rings. The van der Waals surface area contributed by atoms with Crippen molar-refractivity contribution in [2.75, 3.05) is 13.7 Å². The third kappa shape index (κ3) is 0.933. The molecule has 0 amide bonds. The van der Waals surface area contributed by atoms with Gasteiger partial charge in [-0.3, -0.25) is 9.90 Å². The van der Waals surface area contributed by atoms with Crippen LogP contribution in [0.3, 0.4) is 0 Å². The first kappa shape index (κ1) is 4.65. The Bertz CT molecular complexity index is 80.1. The molecule has 40 valence electrons. The molecule has 1 heterocycles. The highest BCUT2D eigenvalue weighted by atomic mass is 16.7. The molecule has 0 unspecified atom stereocenters. The molecule has 0 spiro atoms. The number of hydrogen-bond donors (Lipinski definition) is 0. The van der Waals surface area contributed by atoms with E-state index in [1.807, 2.05) is 6.20 Å². The Hall–Kier alpha value is -0.500. The van der Waals surface area contributed by atoms with Gasteiger partial charge in [-0.2, -0.15) is 0 Å². The van der Waals surface area contributed by atoms with Gasteiger partial charge in [0.15, 0.2) is 0 Å². The molecule has 0 aliphatic carbocycles. The van der Waals surface area contributed by atoms with Gasteiger partial charge in [0.2, 0.25) is 0 Å². The zero-order chi connectivity index (χ0) is 5.11. The van der Waals surface area contributed by atoms with E-state index in [2.05, 4.69) is 6.08 Å². The molecule has 0 aromatic heterocycles. The summed E-state index contributed by atoms with van der Waals surface area (Å²) in [5.74, 6) is 0. The number of nitrogens with zero attached hydrogens (tertiary/aromatic N) is 1. The average Bonchev–Trinajstić information content (AvgIpc) is 2.14. The van der Waals surface area contributed by atoms with Crippen LogP contribution in [0.1, 0.15) is 6.42 Å². The predicted octanol–water partition coefficient (Wildman–Crippen LogP) is 0.767. The van der Waals surface area contributed by atoms with Crippen molar-refractivity contribution in [3.63, 3.8) is 0 Å². The molecule has 0 N–H and O–H groups in total. The van der Waals surface area contributed by atoms with Gasteiger partial charge < -0.3 is 0 Å². The summed E-state index contributed by atoms with van der Waals surface area (Å²) in [5.41, 5.74) is 0. The van der Waals surface area contributed by atoms with E-state index in [4.69, 9.17) is 4.84 Å². The molecule has 0 atom stereocenters. The van der Waals surface area contributed by atoms with Crippen molar-refractivity contribution in [1.82, 2.24) is 5.06 Å². The number of rotatable bonds is 1. The normalized spacial score (nSPS) is 18.7. The largest absolute Gasteiger partial charge is 0.277 e. The zero-order valence-corrected chi connectivity index (χ0v) is 4.42. The Morgan fingerprint density at radius 2 is 2.57 bits per heavy atom. The van der Waals surface area contributed by atoms with Crippen LogP contribution in [0.25, 0.3) is 0 Å². The summed E-state index contributed by atoms with van der Waals surface area (Å²) in [6.45, 7) is 1.01. The molecule has 0 bridgehead atoms. The molecule has 0 aromatic carbocycles. The molecular weight excluding hydrogens is 90.1 g/mol. The summed E-state index contributed by atoms with van der Waals surface area (Å²) >= 11 is 0. The minimum Gasteiger partial charge on any atom is -0.277 e. The van der Waals surface area contributed by atoms with Crippen LogP contribution < -0.4 is 0 Å². The van der Waals surface area contributed by atoms with Crippen molar-refractivity contribution in [3.8, 4) is 0 Å². The standard InChI is InChI=1S/C5H9NO/c1-7-6-4-2-3-5-6/h2,4H,3,5H2,1H3. The molecule has 7 heavy (non-hydrogen) atoms. The molecule has 0 saturated heterocycles. The van der Waals surface area contributed by atoms with E-state index >= 15 is 0 Å². The molecule has 1 rings (SSSR count). The van der Waals surface area contributed by atoms with E-state index in [0.717, 1.165) is 13.0 Å². The lowest BCUT2D eigenvalue weighted by Crippen LogP contribution is -2.11. The smallest absolute Gasteiger partial charge is 0.0638 e. The van der Waals surface area contributed by atoms with E-state index < -0.39 is 0 Å². The van der Waals surface area contributed by atoms with Crippen LogP contribution in [0.4, 0.5) is 0 Å². The van der Waals surface area contributed by atoms with Gasteiger partial charge in [-0.15, -0.1) is 0 Å². The summed E-state index contributed by atoms with van der Waals surface area (Å²) in [7, 11) is 1.68. The fraction of sp³-hybridized carbons (Fsp3) is 0.600. The first-order valence-corrected chi connectivity index (χ1v) is 2.41. The predicted molar refractivity (Wildman–Crippen MR) is 27.5 cm³/mol. The van der Waals surface area contributed by atoms with Gasteiger partial charge in [-0.25, -0.2) is 0 Å². The third-order valence-electron chi connectivity index (χ3n) is 1.02. The van der Waals surface area contributed by atoms with Crippen molar-refractivity contribution in [3.05, 3.63) is 12.3 Å². The number of hydroxylamine groups is 2. The Kier molecular flexibility index (Phi) is 1.32. The van der Waals surface area contributed by atoms with Gasteiger partial charge in [0.1, 0.15) is 0 Å². The lowest BCUT2D eigenvalue weighted by molar-refractivity contribution is -0.0793. The highest BCUT2D eigenvalue weighted by molar-refractivity contribution is 4.86. The van der Waals surface area contributed by atoms with Crippen LogP contribution in [0.2, 0.25) is 0 Å². The quantitative estimate of drug-likeness (QED) is 0.481. The maximum Gasteiger partial charge on any atom is 0.0638 e. The maximum absolute atomic E-state index is 4.86. The van der Waals surface area contributed by atoms with Gasteiger partial charge in [-0.1, -0.05) is 6.08 Å². The molecule has 1 aliphatic rings. The van der Waals surface area contributed by atoms with Crippen LogP contribution in [-0.2, 0) is 4.84 Å². The second kappa shape index (κ2) is 1.98. The summed E-state index contributed by atoms with van der Waals surface area (Å²) in [4.78, 5) is 4.86. The van der Waals surface area contributed by atoms with Gasteiger partial charge in [0.05, 0.1) is 7.11 Å². The fourth-order valence-electron chi connectivity index (χ4n) is 0.621. The van der Waals surface area contributed by atoms with E-state index in [1.165, 1.54) is 0 Å². The Morgan fingerprint density at radius 1 is 1.71 bits per heavy atom. The minimum absolute atomic E-state index is 1.01. The van der Waals surface area contributed by atoms with Crippen molar-refractivity contribution in [2.45, 2.75) is 6.42 Å².